The normalized spacial score (nSPS) is 17.8. The summed E-state index contributed by atoms with van der Waals surface area (Å²) in [6, 6.07) is 11.6. The number of carbonyl (C=O) groups excluding carboxylic acids is 1. The molecule has 2 N–H and O–H groups in total. The average molecular weight is 426 g/mol. The van der Waals surface area contributed by atoms with Crippen molar-refractivity contribution in [3.63, 3.8) is 0 Å². The van der Waals surface area contributed by atoms with Gasteiger partial charge in [-0.15, -0.1) is 0 Å². The monoisotopic (exact) mass is 425 g/mol. The van der Waals surface area contributed by atoms with Crippen LogP contribution in [-0.4, -0.2) is 59.0 Å². The van der Waals surface area contributed by atoms with Crippen molar-refractivity contribution in [1.82, 2.24) is 9.80 Å². The Labute approximate surface area is 182 Å². The van der Waals surface area contributed by atoms with Gasteiger partial charge < -0.3 is 15.3 Å². The number of halogens is 1. The molecule has 31 heavy (non-hydrogen) atoms. The quantitative estimate of drug-likeness (QED) is 0.662. The van der Waals surface area contributed by atoms with E-state index in [0.717, 1.165) is 11.3 Å². The van der Waals surface area contributed by atoms with Crippen LogP contribution in [0.1, 0.15) is 34.5 Å². The molecule has 3 rings (SSSR count). The van der Waals surface area contributed by atoms with E-state index in [1.165, 1.54) is 6.08 Å². The number of carbonyl (C=O) groups is 2. The second kappa shape index (κ2) is 9.75. The van der Waals surface area contributed by atoms with Crippen LogP contribution in [-0.2, 0) is 4.79 Å². The Kier molecular flexibility index (Phi) is 7.07. The maximum atomic E-state index is 14.3. The Morgan fingerprint density at radius 1 is 1.26 bits per heavy atom. The first kappa shape index (κ1) is 22.5. The topological polar surface area (TPSA) is 72.9 Å². The smallest absolute Gasteiger partial charge is 0.335 e. The highest BCUT2D eigenvalue weighted by atomic mass is 19.1. The number of hydrogen-bond acceptors (Lipinski definition) is 4. The molecule has 0 bridgehead atoms. The molecule has 0 spiro atoms. The van der Waals surface area contributed by atoms with Gasteiger partial charge in [0.15, 0.2) is 0 Å². The maximum Gasteiger partial charge on any atom is 0.335 e. The molecule has 1 saturated heterocycles. The van der Waals surface area contributed by atoms with E-state index in [9.17, 15) is 14.0 Å². The Bertz CT molecular complexity index is 961. The van der Waals surface area contributed by atoms with Crippen LogP contribution in [0.4, 0.5) is 10.1 Å². The summed E-state index contributed by atoms with van der Waals surface area (Å²) >= 11 is 0. The van der Waals surface area contributed by atoms with Crippen LogP contribution in [0.2, 0.25) is 0 Å². The van der Waals surface area contributed by atoms with Crippen LogP contribution < -0.4 is 5.32 Å². The molecule has 0 radical (unpaired) electrons. The molecular formula is C24H28FN3O3. The van der Waals surface area contributed by atoms with Gasteiger partial charge in [0.05, 0.1) is 11.6 Å². The van der Waals surface area contributed by atoms with Crippen molar-refractivity contribution in [1.29, 1.82) is 0 Å². The number of piperazine rings is 1. The van der Waals surface area contributed by atoms with Gasteiger partial charge in [-0.1, -0.05) is 18.7 Å². The first-order chi connectivity index (χ1) is 14.8. The van der Waals surface area contributed by atoms with E-state index >= 15 is 0 Å². The predicted molar refractivity (Wildman–Crippen MR) is 119 cm³/mol. The lowest BCUT2D eigenvalue weighted by Crippen LogP contribution is -2.54. The van der Waals surface area contributed by atoms with Crippen molar-refractivity contribution in [3.8, 4) is 0 Å². The van der Waals surface area contributed by atoms with E-state index in [4.69, 9.17) is 5.11 Å². The SMILES string of the molecule is C=CC(=O)N1CCN(CC(Nc2ccc(C(=O)O)cc2)c2ccc(C)c(F)c2)C[C@H]1C. The molecule has 1 heterocycles. The van der Waals surface area contributed by atoms with E-state index in [0.29, 0.717) is 31.7 Å². The molecule has 1 amide bonds. The largest absolute Gasteiger partial charge is 0.478 e. The Morgan fingerprint density at radius 2 is 1.97 bits per heavy atom. The summed E-state index contributed by atoms with van der Waals surface area (Å²) in [5.41, 5.74) is 2.35. The van der Waals surface area contributed by atoms with Crippen LogP contribution in [0, 0.1) is 12.7 Å². The van der Waals surface area contributed by atoms with Gasteiger partial charge in [0.2, 0.25) is 5.91 Å². The molecule has 2 aromatic rings. The van der Waals surface area contributed by atoms with E-state index in [-0.39, 0.29) is 29.4 Å². The standard InChI is InChI=1S/C24H28FN3O3/c1-4-23(29)28-12-11-27(14-17(28)3)15-22(19-6-5-16(2)21(25)13-19)26-20-9-7-18(8-10-20)24(30)31/h4-10,13,17,22,26H,1,11-12,14-15H2,2-3H3,(H,30,31)/t17-,22?/m1/s1. The number of amides is 1. The fraction of sp³-hybridized carbons (Fsp3) is 0.333. The number of carboxylic acids is 1. The minimum atomic E-state index is -0.982. The lowest BCUT2D eigenvalue weighted by atomic mass is 10.0. The van der Waals surface area contributed by atoms with Crippen LogP contribution in [0.25, 0.3) is 0 Å². The molecule has 2 atom stereocenters. The number of anilines is 1. The minimum Gasteiger partial charge on any atom is -0.478 e. The molecule has 7 heteroatoms. The first-order valence-corrected chi connectivity index (χ1v) is 10.3. The molecule has 164 valence electrons. The van der Waals surface area contributed by atoms with Gasteiger partial charge in [0, 0.05) is 37.9 Å². The van der Waals surface area contributed by atoms with Crippen molar-refractivity contribution in [2.24, 2.45) is 0 Å². The zero-order valence-electron chi connectivity index (χ0n) is 17.8. The van der Waals surface area contributed by atoms with Crippen LogP contribution in [0.3, 0.4) is 0 Å². The highest BCUT2D eigenvalue weighted by molar-refractivity contribution is 5.88. The number of nitrogens with zero attached hydrogens (tertiary/aromatic N) is 2. The van der Waals surface area contributed by atoms with Crippen molar-refractivity contribution < 1.29 is 19.1 Å². The number of benzene rings is 2. The summed E-state index contributed by atoms with van der Waals surface area (Å²) in [7, 11) is 0. The van der Waals surface area contributed by atoms with Gasteiger partial charge in [0.25, 0.3) is 0 Å². The van der Waals surface area contributed by atoms with Gasteiger partial charge in [-0.05, 0) is 61.4 Å². The van der Waals surface area contributed by atoms with E-state index < -0.39 is 5.97 Å². The highest BCUT2D eigenvalue weighted by Crippen LogP contribution is 2.24. The fourth-order valence-electron chi connectivity index (χ4n) is 3.87. The van der Waals surface area contributed by atoms with Gasteiger partial charge >= 0.3 is 5.97 Å². The first-order valence-electron chi connectivity index (χ1n) is 10.3. The third kappa shape index (κ3) is 5.49. The summed E-state index contributed by atoms with van der Waals surface area (Å²) in [4.78, 5) is 27.2. The van der Waals surface area contributed by atoms with E-state index in [2.05, 4.69) is 16.8 Å². The summed E-state index contributed by atoms with van der Waals surface area (Å²) in [5.74, 6) is -1.31. The highest BCUT2D eigenvalue weighted by Gasteiger charge is 2.28. The molecule has 0 saturated carbocycles. The van der Waals surface area contributed by atoms with Crippen molar-refractivity contribution in [2.75, 3.05) is 31.5 Å². The fourth-order valence-corrected chi connectivity index (χ4v) is 3.87. The minimum absolute atomic E-state index is 0.0458. The van der Waals surface area contributed by atoms with E-state index in [1.54, 1.807) is 43.3 Å². The molecule has 1 aliphatic heterocycles. The number of hydrogen-bond donors (Lipinski definition) is 2. The Morgan fingerprint density at radius 3 is 2.55 bits per heavy atom. The van der Waals surface area contributed by atoms with Crippen molar-refractivity contribution >= 4 is 17.6 Å². The van der Waals surface area contributed by atoms with Crippen LogP contribution >= 0.6 is 0 Å². The second-order valence-corrected chi connectivity index (χ2v) is 7.93. The molecule has 0 aromatic heterocycles. The number of aryl methyl sites for hydroxylation is 1. The molecular weight excluding hydrogens is 397 g/mol. The third-order valence-electron chi connectivity index (χ3n) is 5.68. The molecule has 2 aromatic carbocycles. The molecule has 1 unspecified atom stereocenters. The molecule has 0 aliphatic carbocycles. The van der Waals surface area contributed by atoms with Gasteiger partial charge in [-0.2, -0.15) is 0 Å². The van der Waals surface area contributed by atoms with Gasteiger partial charge in [-0.3, -0.25) is 9.69 Å². The lowest BCUT2D eigenvalue weighted by Gasteiger charge is -2.41. The second-order valence-electron chi connectivity index (χ2n) is 7.93. The maximum absolute atomic E-state index is 14.3. The third-order valence-corrected chi connectivity index (χ3v) is 5.68. The van der Waals surface area contributed by atoms with Crippen molar-refractivity contribution in [2.45, 2.75) is 25.9 Å². The Balaban J connectivity index is 1.79. The van der Waals surface area contributed by atoms with Crippen LogP contribution in [0.5, 0.6) is 0 Å². The number of aromatic carboxylic acids is 1. The van der Waals surface area contributed by atoms with Gasteiger partial charge in [0.1, 0.15) is 5.82 Å². The average Bonchev–Trinajstić information content (AvgIpc) is 2.75. The molecule has 1 aliphatic rings. The summed E-state index contributed by atoms with van der Waals surface area (Å²) in [6.45, 7) is 9.92. The molecule has 1 fully saturated rings. The predicted octanol–water partition coefficient (Wildman–Crippen LogP) is 3.70. The number of rotatable bonds is 7. The van der Waals surface area contributed by atoms with Crippen LogP contribution in [0.15, 0.2) is 55.1 Å². The number of carboxylic acid groups (broad SMARTS) is 1. The zero-order valence-corrected chi connectivity index (χ0v) is 17.8. The molecule has 6 nitrogen and oxygen atoms in total. The zero-order chi connectivity index (χ0) is 22.5. The number of nitrogens with one attached hydrogen (secondary N) is 1. The summed E-state index contributed by atoms with van der Waals surface area (Å²) in [5, 5.41) is 12.5. The summed E-state index contributed by atoms with van der Waals surface area (Å²) < 4.78 is 14.3. The summed E-state index contributed by atoms with van der Waals surface area (Å²) in [6.07, 6.45) is 1.34. The Hall–Kier alpha value is -3.19. The van der Waals surface area contributed by atoms with E-state index in [1.807, 2.05) is 17.9 Å². The lowest BCUT2D eigenvalue weighted by molar-refractivity contribution is -0.130. The van der Waals surface area contributed by atoms with Gasteiger partial charge in [-0.25, -0.2) is 9.18 Å². The van der Waals surface area contributed by atoms with Crippen molar-refractivity contribution in [3.05, 3.63) is 77.6 Å².